The summed E-state index contributed by atoms with van der Waals surface area (Å²) >= 11 is 0. The van der Waals surface area contributed by atoms with Crippen LogP contribution >= 0.6 is 0 Å². The summed E-state index contributed by atoms with van der Waals surface area (Å²) < 4.78 is 42.7. The van der Waals surface area contributed by atoms with Gasteiger partial charge in [0, 0.05) is 29.5 Å². The number of hydrogen-bond acceptors (Lipinski definition) is 6. The van der Waals surface area contributed by atoms with E-state index in [4.69, 9.17) is 23.7 Å². The van der Waals surface area contributed by atoms with Crippen molar-refractivity contribution in [1.29, 1.82) is 0 Å². The van der Waals surface area contributed by atoms with Crippen LogP contribution in [0.1, 0.15) is 41.0 Å². The number of methoxy groups -OCH3 is 1. The first-order valence-electron chi connectivity index (χ1n) is 12.5. The maximum atomic E-state index is 14.7. The molecule has 1 saturated heterocycles. The fraction of sp³-hybridized carbons (Fsp3) is 0.367. The summed E-state index contributed by atoms with van der Waals surface area (Å²) in [5.74, 6) is 1.45. The van der Waals surface area contributed by atoms with E-state index in [2.05, 4.69) is 0 Å². The van der Waals surface area contributed by atoms with Gasteiger partial charge in [-0.2, -0.15) is 0 Å². The Bertz CT molecular complexity index is 1270. The average molecular weight is 507 g/mol. The molecule has 0 radical (unpaired) electrons. The molecule has 0 saturated carbocycles. The standard InChI is InChI=1S/C30H31FO6/c1-18-10-25(37-24-8-9-34-17-24)11-19(2)30(18)20-4-7-27(31)22(12-20)16-35-23-5-6-26-21(13-29(32)33-3)15-36-28(26)14-23/h4-7,10-12,14,21,24H,8-9,13,15-17H2,1-3H3. The molecule has 0 amide bonds. The van der Waals surface area contributed by atoms with Crippen LogP contribution in [0.3, 0.4) is 0 Å². The fourth-order valence-electron chi connectivity index (χ4n) is 5.05. The molecule has 5 rings (SSSR count). The second kappa shape index (κ2) is 10.8. The van der Waals surface area contributed by atoms with E-state index in [0.717, 1.165) is 46.6 Å². The number of halogens is 1. The Morgan fingerprint density at radius 1 is 1.03 bits per heavy atom. The van der Waals surface area contributed by atoms with Gasteiger partial charge in [-0.15, -0.1) is 0 Å². The zero-order chi connectivity index (χ0) is 25.9. The van der Waals surface area contributed by atoms with Crippen molar-refractivity contribution in [3.05, 3.63) is 76.6 Å². The van der Waals surface area contributed by atoms with Gasteiger partial charge in [0.15, 0.2) is 0 Å². The number of esters is 1. The van der Waals surface area contributed by atoms with Crippen LogP contribution in [0.2, 0.25) is 0 Å². The van der Waals surface area contributed by atoms with Gasteiger partial charge >= 0.3 is 5.97 Å². The molecule has 0 spiro atoms. The molecule has 2 heterocycles. The quantitative estimate of drug-likeness (QED) is 0.355. The van der Waals surface area contributed by atoms with Crippen LogP contribution < -0.4 is 14.2 Å². The maximum Gasteiger partial charge on any atom is 0.306 e. The molecule has 2 atom stereocenters. The second-order valence-corrected chi connectivity index (χ2v) is 9.62. The third-order valence-electron chi connectivity index (χ3n) is 6.93. The Labute approximate surface area is 216 Å². The molecule has 37 heavy (non-hydrogen) atoms. The Hall–Kier alpha value is -3.58. The lowest BCUT2D eigenvalue weighted by molar-refractivity contribution is -0.141. The molecule has 7 heteroatoms. The minimum absolute atomic E-state index is 0.0413. The van der Waals surface area contributed by atoms with Gasteiger partial charge in [-0.3, -0.25) is 4.79 Å². The topological polar surface area (TPSA) is 63.2 Å². The maximum absolute atomic E-state index is 14.7. The Morgan fingerprint density at radius 2 is 1.84 bits per heavy atom. The van der Waals surface area contributed by atoms with Crippen molar-refractivity contribution in [3.63, 3.8) is 0 Å². The van der Waals surface area contributed by atoms with E-state index >= 15 is 0 Å². The predicted octanol–water partition coefficient (Wildman–Crippen LogP) is 5.90. The third-order valence-corrected chi connectivity index (χ3v) is 6.93. The van der Waals surface area contributed by atoms with Crippen LogP contribution in [0, 0.1) is 19.7 Å². The van der Waals surface area contributed by atoms with Gasteiger partial charge < -0.3 is 23.7 Å². The Balaban J connectivity index is 1.30. The minimum Gasteiger partial charge on any atom is -0.492 e. The molecule has 194 valence electrons. The first-order valence-corrected chi connectivity index (χ1v) is 12.5. The zero-order valence-electron chi connectivity index (χ0n) is 21.3. The fourth-order valence-corrected chi connectivity index (χ4v) is 5.05. The summed E-state index contributed by atoms with van der Waals surface area (Å²) in [5, 5.41) is 0. The number of carbonyl (C=O) groups excluding carboxylic acids is 1. The molecular formula is C30H31FO6. The van der Waals surface area contributed by atoms with Crippen LogP contribution in [0.5, 0.6) is 17.2 Å². The third kappa shape index (κ3) is 5.57. The molecule has 0 bridgehead atoms. The van der Waals surface area contributed by atoms with Gasteiger partial charge in [0.25, 0.3) is 0 Å². The van der Waals surface area contributed by atoms with Gasteiger partial charge in [0.1, 0.15) is 35.8 Å². The number of hydrogen-bond donors (Lipinski definition) is 0. The number of fused-ring (bicyclic) bond motifs is 1. The molecule has 0 N–H and O–H groups in total. The van der Waals surface area contributed by atoms with Crippen molar-refractivity contribution >= 4 is 5.97 Å². The van der Waals surface area contributed by atoms with Crippen LogP contribution in [-0.4, -0.2) is 39.0 Å². The number of rotatable bonds is 8. The van der Waals surface area contributed by atoms with Gasteiger partial charge in [0.05, 0.1) is 33.4 Å². The predicted molar refractivity (Wildman–Crippen MR) is 137 cm³/mol. The summed E-state index contributed by atoms with van der Waals surface area (Å²) in [6.45, 7) is 5.92. The molecule has 1 fully saturated rings. The second-order valence-electron chi connectivity index (χ2n) is 9.62. The number of ether oxygens (including phenoxy) is 5. The average Bonchev–Trinajstić information content (AvgIpc) is 3.53. The van der Waals surface area contributed by atoms with Crippen LogP contribution in [0.4, 0.5) is 4.39 Å². The summed E-state index contributed by atoms with van der Waals surface area (Å²) in [6.07, 6.45) is 1.25. The van der Waals surface area contributed by atoms with Crippen LogP contribution in [-0.2, 0) is 20.9 Å². The summed E-state index contributed by atoms with van der Waals surface area (Å²) in [7, 11) is 1.38. The minimum atomic E-state index is -0.323. The highest BCUT2D eigenvalue weighted by atomic mass is 19.1. The number of aryl methyl sites for hydroxylation is 2. The van der Waals surface area contributed by atoms with Gasteiger partial charge in [0.2, 0.25) is 0 Å². The largest absolute Gasteiger partial charge is 0.492 e. The summed E-state index contributed by atoms with van der Waals surface area (Å²) in [4.78, 5) is 11.6. The van der Waals surface area contributed by atoms with E-state index < -0.39 is 0 Å². The van der Waals surface area contributed by atoms with E-state index in [1.54, 1.807) is 12.1 Å². The zero-order valence-corrected chi connectivity index (χ0v) is 21.3. The van der Waals surface area contributed by atoms with E-state index in [-0.39, 0.29) is 36.8 Å². The van der Waals surface area contributed by atoms with E-state index in [1.165, 1.54) is 13.2 Å². The molecule has 3 aromatic carbocycles. The first-order chi connectivity index (χ1) is 17.9. The lowest BCUT2D eigenvalue weighted by atomic mass is 9.94. The Morgan fingerprint density at radius 3 is 2.57 bits per heavy atom. The molecular weight excluding hydrogens is 475 g/mol. The number of carbonyl (C=O) groups is 1. The van der Waals surface area contributed by atoms with Crippen molar-refractivity contribution in [3.8, 4) is 28.4 Å². The van der Waals surface area contributed by atoms with Crippen LogP contribution in [0.15, 0.2) is 48.5 Å². The van der Waals surface area contributed by atoms with E-state index in [0.29, 0.717) is 30.3 Å². The van der Waals surface area contributed by atoms with Crippen molar-refractivity contribution in [2.24, 2.45) is 0 Å². The van der Waals surface area contributed by atoms with Gasteiger partial charge in [-0.05, 0) is 66.4 Å². The Kier molecular flexibility index (Phi) is 7.33. The molecule has 3 aromatic rings. The van der Waals surface area contributed by atoms with Crippen molar-refractivity contribution in [1.82, 2.24) is 0 Å². The lowest BCUT2D eigenvalue weighted by Crippen LogP contribution is -2.15. The summed E-state index contributed by atoms with van der Waals surface area (Å²) in [6, 6.07) is 14.7. The first kappa shape index (κ1) is 25.1. The van der Waals surface area contributed by atoms with Crippen molar-refractivity contribution in [2.75, 3.05) is 26.9 Å². The van der Waals surface area contributed by atoms with Gasteiger partial charge in [-0.25, -0.2) is 4.39 Å². The number of benzene rings is 3. The molecule has 0 aromatic heterocycles. The highest BCUT2D eigenvalue weighted by Gasteiger charge is 2.27. The monoisotopic (exact) mass is 506 g/mol. The van der Waals surface area contributed by atoms with Crippen molar-refractivity contribution in [2.45, 2.75) is 45.3 Å². The van der Waals surface area contributed by atoms with Gasteiger partial charge in [-0.1, -0.05) is 12.1 Å². The normalized spacial score (nSPS) is 18.3. The highest BCUT2D eigenvalue weighted by molar-refractivity contribution is 5.73. The van der Waals surface area contributed by atoms with Crippen molar-refractivity contribution < 1.29 is 32.9 Å². The highest BCUT2D eigenvalue weighted by Crippen LogP contribution is 2.39. The van der Waals surface area contributed by atoms with Crippen LogP contribution in [0.25, 0.3) is 11.1 Å². The lowest BCUT2D eigenvalue weighted by Gasteiger charge is -2.17. The van der Waals surface area contributed by atoms with E-state index in [9.17, 15) is 9.18 Å². The summed E-state index contributed by atoms with van der Waals surface area (Å²) in [5.41, 5.74) is 5.51. The van der Waals surface area contributed by atoms with E-state index in [1.807, 2.05) is 44.2 Å². The molecule has 6 nitrogen and oxygen atoms in total. The molecule has 2 unspecified atom stereocenters. The molecule has 2 aliphatic rings. The molecule has 0 aliphatic carbocycles. The molecule has 2 aliphatic heterocycles. The SMILES string of the molecule is COC(=O)CC1COc2cc(OCc3cc(-c4c(C)cc(OC5CCOC5)cc4C)ccc3F)ccc21. The smallest absolute Gasteiger partial charge is 0.306 e.